The van der Waals surface area contributed by atoms with Crippen molar-refractivity contribution in [2.45, 2.75) is 24.3 Å². The first kappa shape index (κ1) is 12.9. The summed E-state index contributed by atoms with van der Waals surface area (Å²) < 4.78 is 0. The van der Waals surface area contributed by atoms with Gasteiger partial charge in [-0.15, -0.1) is 11.8 Å². The van der Waals surface area contributed by atoms with Gasteiger partial charge in [0, 0.05) is 10.9 Å². The fourth-order valence-electron chi connectivity index (χ4n) is 1.39. The summed E-state index contributed by atoms with van der Waals surface area (Å²) in [5, 5.41) is 0. The molecule has 0 fully saturated rings. The number of thioether (sulfide) groups is 2. The second-order valence-electron chi connectivity index (χ2n) is 3.39. The van der Waals surface area contributed by atoms with E-state index in [0.717, 1.165) is 17.9 Å². The van der Waals surface area contributed by atoms with Crippen molar-refractivity contribution in [3.8, 4) is 0 Å². The molecule has 1 aromatic carbocycles. The Kier molecular flexibility index (Phi) is 6.22. The van der Waals surface area contributed by atoms with Gasteiger partial charge in [0.25, 0.3) is 0 Å². The van der Waals surface area contributed by atoms with Crippen LogP contribution < -0.4 is 5.73 Å². The highest BCUT2D eigenvalue weighted by atomic mass is 32.2. The highest BCUT2D eigenvalue weighted by molar-refractivity contribution is 7.99. The fourth-order valence-corrected chi connectivity index (χ4v) is 2.54. The van der Waals surface area contributed by atoms with Crippen molar-refractivity contribution in [1.82, 2.24) is 0 Å². The van der Waals surface area contributed by atoms with Gasteiger partial charge in [0.05, 0.1) is 0 Å². The molecule has 0 spiro atoms. The van der Waals surface area contributed by atoms with Gasteiger partial charge in [0.2, 0.25) is 0 Å². The summed E-state index contributed by atoms with van der Waals surface area (Å²) in [6.07, 6.45) is 3.18. The van der Waals surface area contributed by atoms with Gasteiger partial charge in [0.1, 0.15) is 0 Å². The van der Waals surface area contributed by atoms with Crippen LogP contribution in [-0.2, 0) is 0 Å². The second kappa shape index (κ2) is 7.20. The molecule has 0 radical (unpaired) electrons. The molecule has 15 heavy (non-hydrogen) atoms. The Hall–Kier alpha value is -0.120. The van der Waals surface area contributed by atoms with Gasteiger partial charge in [-0.25, -0.2) is 0 Å². The minimum Gasteiger partial charge on any atom is -0.324 e. The van der Waals surface area contributed by atoms with E-state index in [4.69, 9.17) is 5.73 Å². The zero-order valence-corrected chi connectivity index (χ0v) is 11.0. The van der Waals surface area contributed by atoms with Gasteiger partial charge in [-0.05, 0) is 41.9 Å². The molecule has 0 heterocycles. The van der Waals surface area contributed by atoms with Crippen molar-refractivity contribution in [2.24, 2.45) is 5.73 Å². The standard InChI is InChI=1S/C12H19NS2/c1-3-15-11-6-4-10(5-7-11)12(13)8-9-14-2/h4-7,12H,3,8-9,13H2,1-2H3. The van der Waals surface area contributed by atoms with E-state index in [9.17, 15) is 0 Å². The number of nitrogens with two attached hydrogens (primary N) is 1. The van der Waals surface area contributed by atoms with Gasteiger partial charge in [-0.3, -0.25) is 0 Å². The van der Waals surface area contributed by atoms with Crippen LogP contribution >= 0.6 is 23.5 Å². The van der Waals surface area contributed by atoms with Gasteiger partial charge >= 0.3 is 0 Å². The molecule has 0 aliphatic carbocycles. The minimum atomic E-state index is 0.193. The van der Waals surface area contributed by atoms with Crippen molar-refractivity contribution in [3.63, 3.8) is 0 Å². The third-order valence-corrected chi connectivity index (χ3v) is 3.79. The molecule has 1 aromatic rings. The highest BCUT2D eigenvalue weighted by Gasteiger charge is 2.04. The average Bonchev–Trinajstić information content (AvgIpc) is 2.27. The lowest BCUT2D eigenvalue weighted by atomic mass is 10.1. The first-order valence-corrected chi connectivity index (χ1v) is 7.63. The van der Waals surface area contributed by atoms with Crippen LogP contribution in [0.2, 0.25) is 0 Å². The smallest absolute Gasteiger partial charge is 0.0302 e. The van der Waals surface area contributed by atoms with Crippen LogP contribution in [0.1, 0.15) is 24.9 Å². The van der Waals surface area contributed by atoms with Crippen molar-refractivity contribution >= 4 is 23.5 Å². The zero-order chi connectivity index (χ0) is 11.1. The molecule has 0 amide bonds. The molecule has 1 nitrogen and oxygen atoms in total. The minimum absolute atomic E-state index is 0.193. The normalized spacial score (nSPS) is 12.7. The Morgan fingerprint density at radius 1 is 1.27 bits per heavy atom. The van der Waals surface area contributed by atoms with E-state index in [1.165, 1.54) is 10.5 Å². The Labute approximate surface area is 101 Å². The molecule has 0 aromatic heterocycles. The van der Waals surface area contributed by atoms with Gasteiger partial charge in [-0.1, -0.05) is 19.1 Å². The van der Waals surface area contributed by atoms with Crippen LogP contribution in [-0.4, -0.2) is 17.8 Å². The van der Waals surface area contributed by atoms with Crippen LogP contribution in [0.3, 0.4) is 0 Å². The Balaban J connectivity index is 2.54. The molecule has 1 atom stereocenters. The molecule has 0 bridgehead atoms. The summed E-state index contributed by atoms with van der Waals surface area (Å²) in [5.74, 6) is 2.25. The van der Waals surface area contributed by atoms with Crippen molar-refractivity contribution < 1.29 is 0 Å². The van der Waals surface area contributed by atoms with E-state index in [1.54, 1.807) is 0 Å². The summed E-state index contributed by atoms with van der Waals surface area (Å²) in [6.45, 7) is 2.17. The number of benzene rings is 1. The molecule has 1 rings (SSSR count). The summed E-state index contributed by atoms with van der Waals surface area (Å²) in [5.41, 5.74) is 7.34. The predicted octanol–water partition coefficient (Wildman–Crippen LogP) is 3.55. The summed E-state index contributed by atoms with van der Waals surface area (Å²) >= 11 is 3.72. The van der Waals surface area contributed by atoms with Crippen molar-refractivity contribution in [3.05, 3.63) is 29.8 Å². The maximum atomic E-state index is 6.08. The van der Waals surface area contributed by atoms with E-state index >= 15 is 0 Å². The van der Waals surface area contributed by atoms with E-state index < -0.39 is 0 Å². The zero-order valence-electron chi connectivity index (χ0n) is 9.40. The largest absolute Gasteiger partial charge is 0.324 e. The average molecular weight is 241 g/mol. The maximum absolute atomic E-state index is 6.08. The van der Waals surface area contributed by atoms with E-state index in [2.05, 4.69) is 37.4 Å². The molecule has 0 saturated heterocycles. The first-order valence-electron chi connectivity index (χ1n) is 5.25. The van der Waals surface area contributed by atoms with Gasteiger partial charge in [-0.2, -0.15) is 11.8 Å². The molecule has 2 N–H and O–H groups in total. The van der Waals surface area contributed by atoms with Crippen LogP contribution in [0.15, 0.2) is 29.2 Å². The Morgan fingerprint density at radius 3 is 2.47 bits per heavy atom. The lowest BCUT2D eigenvalue weighted by molar-refractivity contribution is 0.705. The molecule has 0 aliphatic heterocycles. The van der Waals surface area contributed by atoms with Crippen LogP contribution in [0.5, 0.6) is 0 Å². The van der Waals surface area contributed by atoms with Crippen molar-refractivity contribution in [1.29, 1.82) is 0 Å². The van der Waals surface area contributed by atoms with E-state index in [0.29, 0.717) is 0 Å². The Morgan fingerprint density at radius 2 is 1.93 bits per heavy atom. The molecular formula is C12H19NS2. The predicted molar refractivity (Wildman–Crippen MR) is 72.8 cm³/mol. The van der Waals surface area contributed by atoms with Crippen molar-refractivity contribution in [2.75, 3.05) is 17.8 Å². The maximum Gasteiger partial charge on any atom is 0.0302 e. The quantitative estimate of drug-likeness (QED) is 0.771. The topological polar surface area (TPSA) is 26.0 Å². The summed E-state index contributed by atoms with van der Waals surface area (Å²) in [6, 6.07) is 8.84. The highest BCUT2D eigenvalue weighted by Crippen LogP contribution is 2.21. The molecular weight excluding hydrogens is 222 g/mol. The Bertz CT molecular complexity index is 271. The lowest BCUT2D eigenvalue weighted by Gasteiger charge is -2.11. The van der Waals surface area contributed by atoms with E-state index in [1.807, 2.05) is 23.5 Å². The number of rotatable bonds is 6. The molecule has 84 valence electrons. The van der Waals surface area contributed by atoms with Crippen LogP contribution in [0, 0.1) is 0 Å². The summed E-state index contributed by atoms with van der Waals surface area (Å²) in [4.78, 5) is 1.33. The van der Waals surface area contributed by atoms with Crippen LogP contribution in [0.25, 0.3) is 0 Å². The molecule has 0 saturated carbocycles. The van der Waals surface area contributed by atoms with Gasteiger partial charge in [0.15, 0.2) is 0 Å². The third kappa shape index (κ3) is 4.49. The fraction of sp³-hybridized carbons (Fsp3) is 0.500. The summed E-state index contributed by atoms with van der Waals surface area (Å²) in [7, 11) is 0. The SMILES string of the molecule is CCSc1ccc(C(N)CCSC)cc1. The number of hydrogen-bond donors (Lipinski definition) is 1. The molecule has 0 aliphatic rings. The molecule has 3 heteroatoms. The second-order valence-corrected chi connectivity index (χ2v) is 5.71. The molecule has 1 unspecified atom stereocenters. The van der Waals surface area contributed by atoms with E-state index in [-0.39, 0.29) is 6.04 Å². The lowest BCUT2D eigenvalue weighted by Crippen LogP contribution is -2.10. The monoisotopic (exact) mass is 241 g/mol. The van der Waals surface area contributed by atoms with Crippen LogP contribution in [0.4, 0.5) is 0 Å². The number of hydrogen-bond acceptors (Lipinski definition) is 3. The first-order chi connectivity index (χ1) is 7.27. The van der Waals surface area contributed by atoms with Gasteiger partial charge < -0.3 is 5.73 Å². The third-order valence-electron chi connectivity index (χ3n) is 2.25.